The van der Waals surface area contributed by atoms with Gasteiger partial charge in [0.15, 0.2) is 0 Å². The molecule has 0 N–H and O–H groups in total. The van der Waals surface area contributed by atoms with E-state index < -0.39 is 5.82 Å². The van der Waals surface area contributed by atoms with Crippen LogP contribution < -0.4 is 0 Å². The lowest BCUT2D eigenvalue weighted by atomic mass is 10.0. The molecule has 0 bridgehead atoms. The highest BCUT2D eigenvalue weighted by atomic mass is 35.5. The van der Waals surface area contributed by atoms with Crippen LogP contribution in [0.3, 0.4) is 0 Å². The summed E-state index contributed by atoms with van der Waals surface area (Å²) in [6, 6.07) is 4.98. The van der Waals surface area contributed by atoms with E-state index in [0.717, 1.165) is 16.7 Å². The van der Waals surface area contributed by atoms with Crippen LogP contribution in [0.5, 0.6) is 0 Å². The van der Waals surface area contributed by atoms with E-state index in [4.69, 9.17) is 16.0 Å². The van der Waals surface area contributed by atoms with Gasteiger partial charge in [-0.2, -0.15) is 0 Å². The molecule has 0 saturated heterocycles. The molecule has 15 heavy (non-hydrogen) atoms. The second-order valence-corrected chi connectivity index (χ2v) is 3.83. The first-order valence-corrected chi connectivity index (χ1v) is 4.98. The van der Waals surface area contributed by atoms with Crippen LogP contribution in [0.25, 0.3) is 11.3 Å². The average Bonchev–Trinajstić information content (AvgIpc) is 2.73. The Kier molecular flexibility index (Phi) is 2.53. The third kappa shape index (κ3) is 1.65. The Labute approximate surface area is 92.5 Å². The van der Waals surface area contributed by atoms with E-state index in [1.54, 1.807) is 25.3 Å². The third-order valence-corrected chi connectivity index (χ3v) is 3.03. The molecular formula is C12H10ClFO. The predicted molar refractivity (Wildman–Crippen MR) is 58.6 cm³/mol. The highest BCUT2D eigenvalue weighted by Crippen LogP contribution is 2.32. The summed E-state index contributed by atoms with van der Waals surface area (Å²) < 4.78 is 18.7. The Morgan fingerprint density at radius 3 is 2.60 bits per heavy atom. The molecule has 0 fully saturated rings. The van der Waals surface area contributed by atoms with Crippen molar-refractivity contribution < 1.29 is 8.81 Å². The Balaban J connectivity index is 2.69. The van der Waals surface area contributed by atoms with Crippen molar-refractivity contribution in [1.29, 1.82) is 0 Å². The van der Waals surface area contributed by atoms with Crippen molar-refractivity contribution in [3.05, 3.63) is 46.4 Å². The molecule has 1 nitrogen and oxygen atoms in total. The zero-order valence-electron chi connectivity index (χ0n) is 8.47. The molecular weight excluding hydrogens is 215 g/mol. The van der Waals surface area contributed by atoms with Crippen LogP contribution in [0.15, 0.2) is 28.9 Å². The number of hydrogen-bond acceptors (Lipinski definition) is 1. The van der Waals surface area contributed by atoms with Gasteiger partial charge in [0.25, 0.3) is 0 Å². The van der Waals surface area contributed by atoms with Gasteiger partial charge < -0.3 is 4.42 Å². The molecule has 1 aromatic heterocycles. The lowest BCUT2D eigenvalue weighted by molar-refractivity contribution is 0.579. The maximum absolute atomic E-state index is 13.4. The van der Waals surface area contributed by atoms with E-state index in [9.17, 15) is 4.39 Å². The van der Waals surface area contributed by atoms with Gasteiger partial charge in [-0.15, -0.1) is 0 Å². The summed E-state index contributed by atoms with van der Waals surface area (Å²) in [4.78, 5) is 0. The van der Waals surface area contributed by atoms with Gasteiger partial charge in [0.05, 0.1) is 11.3 Å². The van der Waals surface area contributed by atoms with Crippen LogP contribution in [0.1, 0.15) is 11.1 Å². The number of furan rings is 1. The standard InChI is InChI=1S/C12H10ClFO/c1-7-8(2)12(13)10(14)6-9(7)11-4-3-5-15-11/h3-6H,1-2H3. The van der Waals surface area contributed by atoms with Gasteiger partial charge in [-0.1, -0.05) is 11.6 Å². The second kappa shape index (κ2) is 3.70. The molecule has 0 aliphatic rings. The van der Waals surface area contributed by atoms with Crippen molar-refractivity contribution >= 4 is 11.6 Å². The zero-order chi connectivity index (χ0) is 11.0. The quantitative estimate of drug-likeness (QED) is 0.702. The van der Waals surface area contributed by atoms with E-state index in [1.165, 1.54) is 6.07 Å². The normalized spacial score (nSPS) is 10.7. The van der Waals surface area contributed by atoms with Crippen LogP contribution >= 0.6 is 11.6 Å². The molecule has 0 saturated carbocycles. The molecule has 78 valence electrons. The molecule has 0 unspecified atom stereocenters. The molecule has 0 atom stereocenters. The van der Waals surface area contributed by atoms with Gasteiger partial charge >= 0.3 is 0 Å². The fraction of sp³-hybridized carbons (Fsp3) is 0.167. The summed E-state index contributed by atoms with van der Waals surface area (Å²) in [6.07, 6.45) is 1.57. The largest absolute Gasteiger partial charge is 0.464 e. The van der Waals surface area contributed by atoms with Crippen molar-refractivity contribution in [3.63, 3.8) is 0 Å². The number of halogens is 2. The summed E-state index contributed by atoms with van der Waals surface area (Å²) in [7, 11) is 0. The highest BCUT2D eigenvalue weighted by molar-refractivity contribution is 6.31. The topological polar surface area (TPSA) is 13.1 Å². The summed E-state index contributed by atoms with van der Waals surface area (Å²) in [5.41, 5.74) is 2.44. The van der Waals surface area contributed by atoms with Gasteiger partial charge in [-0.3, -0.25) is 0 Å². The number of rotatable bonds is 1. The molecule has 0 amide bonds. The van der Waals surface area contributed by atoms with Crippen molar-refractivity contribution in [2.75, 3.05) is 0 Å². The van der Waals surface area contributed by atoms with E-state index in [-0.39, 0.29) is 5.02 Å². The average molecular weight is 225 g/mol. The maximum Gasteiger partial charge on any atom is 0.142 e. The molecule has 2 aromatic rings. The molecule has 1 heterocycles. The third-order valence-electron chi connectivity index (χ3n) is 2.56. The Hall–Kier alpha value is -1.28. The summed E-state index contributed by atoms with van der Waals surface area (Å²) in [5.74, 6) is 0.248. The van der Waals surface area contributed by atoms with Crippen molar-refractivity contribution in [3.8, 4) is 11.3 Å². The van der Waals surface area contributed by atoms with E-state index in [2.05, 4.69) is 0 Å². The fourth-order valence-corrected chi connectivity index (χ4v) is 1.73. The Morgan fingerprint density at radius 2 is 2.00 bits per heavy atom. The van der Waals surface area contributed by atoms with Crippen molar-refractivity contribution in [2.45, 2.75) is 13.8 Å². The van der Waals surface area contributed by atoms with Gasteiger partial charge in [0.1, 0.15) is 11.6 Å². The minimum absolute atomic E-state index is 0.183. The molecule has 1 aromatic carbocycles. The monoisotopic (exact) mass is 224 g/mol. The van der Waals surface area contributed by atoms with Gasteiger partial charge in [0, 0.05) is 5.56 Å². The fourth-order valence-electron chi connectivity index (χ4n) is 1.53. The molecule has 0 spiro atoms. The minimum atomic E-state index is -0.411. The second-order valence-electron chi connectivity index (χ2n) is 3.45. The molecule has 3 heteroatoms. The zero-order valence-corrected chi connectivity index (χ0v) is 9.23. The van der Waals surface area contributed by atoms with Crippen LogP contribution in [0.4, 0.5) is 4.39 Å². The molecule has 0 radical (unpaired) electrons. The summed E-state index contributed by atoms with van der Waals surface area (Å²) in [5, 5.41) is 0.183. The van der Waals surface area contributed by atoms with Crippen LogP contribution in [-0.4, -0.2) is 0 Å². The number of benzene rings is 1. The first kappa shape index (κ1) is 10.2. The van der Waals surface area contributed by atoms with Gasteiger partial charge in [-0.25, -0.2) is 4.39 Å². The molecule has 0 aliphatic heterocycles. The van der Waals surface area contributed by atoms with Gasteiger partial charge in [0.2, 0.25) is 0 Å². The predicted octanol–water partition coefficient (Wildman–Crippen LogP) is 4.36. The maximum atomic E-state index is 13.4. The Bertz CT molecular complexity index is 489. The first-order valence-electron chi connectivity index (χ1n) is 4.60. The van der Waals surface area contributed by atoms with E-state index in [0.29, 0.717) is 5.76 Å². The van der Waals surface area contributed by atoms with Crippen LogP contribution in [0, 0.1) is 19.7 Å². The minimum Gasteiger partial charge on any atom is -0.464 e. The lowest BCUT2D eigenvalue weighted by Gasteiger charge is -2.09. The van der Waals surface area contributed by atoms with Crippen molar-refractivity contribution in [2.24, 2.45) is 0 Å². The molecule has 0 aliphatic carbocycles. The van der Waals surface area contributed by atoms with Crippen molar-refractivity contribution in [1.82, 2.24) is 0 Å². The van der Waals surface area contributed by atoms with E-state index >= 15 is 0 Å². The highest BCUT2D eigenvalue weighted by Gasteiger charge is 2.13. The van der Waals surface area contributed by atoms with Crippen LogP contribution in [0.2, 0.25) is 5.02 Å². The Morgan fingerprint density at radius 1 is 1.27 bits per heavy atom. The van der Waals surface area contributed by atoms with E-state index in [1.807, 2.05) is 6.92 Å². The smallest absolute Gasteiger partial charge is 0.142 e. The summed E-state index contributed by atoms with van der Waals surface area (Å²) in [6.45, 7) is 3.70. The number of hydrogen-bond donors (Lipinski definition) is 0. The summed E-state index contributed by atoms with van der Waals surface area (Å²) >= 11 is 5.81. The molecule has 2 rings (SSSR count). The van der Waals surface area contributed by atoms with Crippen LogP contribution in [-0.2, 0) is 0 Å². The van der Waals surface area contributed by atoms with Gasteiger partial charge in [-0.05, 0) is 43.2 Å². The SMILES string of the molecule is Cc1c(-c2ccco2)cc(F)c(Cl)c1C. The first-order chi connectivity index (χ1) is 7.11. The lowest BCUT2D eigenvalue weighted by Crippen LogP contribution is -1.91.